The molecule has 7 aromatic heterocycles. The smallest absolute Gasteiger partial charge is 0.0542 e. The van der Waals surface area contributed by atoms with E-state index in [1.165, 1.54) is 209 Å². The Morgan fingerprint density at radius 1 is 0.0909 bits per heavy atom. The fourth-order valence-electron chi connectivity index (χ4n) is 19.6. The van der Waals surface area contributed by atoms with Crippen molar-refractivity contribution in [2.45, 2.75) is 0 Å². The average molecular weight is 1540 g/mol. The van der Waals surface area contributed by atoms with E-state index in [0.29, 0.717) is 0 Å². The van der Waals surface area contributed by atoms with Crippen LogP contribution in [-0.2, 0) is 0 Å². The summed E-state index contributed by atoms with van der Waals surface area (Å²) < 4.78 is 16.7. The first-order chi connectivity index (χ1) is 60.1. The van der Waals surface area contributed by atoms with Gasteiger partial charge in [-0.2, -0.15) is 0 Å². The van der Waals surface area contributed by atoms with E-state index in [1.54, 1.807) is 0 Å². The summed E-state index contributed by atoms with van der Waals surface area (Å²) in [6.07, 6.45) is 0. The Kier molecular flexibility index (Phi) is 16.2. The van der Waals surface area contributed by atoms with E-state index in [9.17, 15) is 0 Å². The molecule has 7 heterocycles. The van der Waals surface area contributed by atoms with Crippen LogP contribution < -0.4 is 0 Å². The van der Waals surface area contributed by atoms with Gasteiger partial charge in [-0.3, -0.25) is 0 Å². The zero-order chi connectivity index (χ0) is 79.6. The van der Waals surface area contributed by atoms with E-state index in [2.05, 4.69) is 487 Å². The normalized spacial score (nSPS) is 11.8. The topological polar surface area (TPSA) is 34.5 Å². The Morgan fingerprint density at radius 2 is 0.264 bits per heavy atom. The first-order valence-electron chi connectivity index (χ1n) is 41.5. The van der Waals surface area contributed by atoms with Crippen LogP contribution in [0.2, 0.25) is 0 Å². The lowest BCUT2D eigenvalue weighted by Crippen LogP contribution is -1.96. The van der Waals surface area contributed by atoms with Gasteiger partial charge in [0.15, 0.2) is 0 Å². The Hall–Kier alpha value is -16.2. The molecule has 19 aromatic carbocycles. The molecule has 0 atom stereocenters. The van der Waals surface area contributed by atoms with Gasteiger partial charge in [0.25, 0.3) is 0 Å². The van der Waals surface area contributed by atoms with Crippen LogP contribution in [0.4, 0.5) is 0 Å². The summed E-state index contributed by atoms with van der Waals surface area (Å²) in [5, 5.41) is 17.7. The number of hydrogen-bond donors (Lipinski definition) is 0. The van der Waals surface area contributed by atoms with Crippen LogP contribution in [-0.4, -0.2) is 32.0 Å². The van der Waals surface area contributed by atoms with Gasteiger partial charge in [0.2, 0.25) is 0 Å². The fraction of sp³-hybridized carbons (Fsp3) is 0. The van der Waals surface area contributed by atoms with Crippen LogP contribution in [0.15, 0.2) is 455 Å². The van der Waals surface area contributed by atoms with Crippen molar-refractivity contribution in [2.24, 2.45) is 0 Å². The number of rotatable bonds is 9. The van der Waals surface area contributed by atoms with Crippen molar-refractivity contribution in [1.29, 1.82) is 0 Å². The van der Waals surface area contributed by atoms with Crippen LogP contribution in [0, 0.1) is 0 Å². The third-order valence-corrected chi connectivity index (χ3v) is 24.9. The second kappa shape index (κ2) is 28.3. The number of fused-ring (bicyclic) bond motifs is 21. The minimum Gasteiger partial charge on any atom is -0.309 e. The van der Waals surface area contributed by atoms with E-state index >= 15 is 0 Å². The first kappa shape index (κ1) is 69.1. The Bertz CT molecular complexity index is 8420. The maximum atomic E-state index is 2.42. The van der Waals surface area contributed by atoms with E-state index < -0.39 is 0 Å². The lowest BCUT2D eigenvalue weighted by molar-refractivity contribution is 1.17. The zero-order valence-corrected chi connectivity index (χ0v) is 65.9. The van der Waals surface area contributed by atoms with E-state index in [1.807, 2.05) is 0 Å². The standard InChI is InChI=1S/C48H31N3.C36H24N2.C30H20N2/c1-2-14-34(15-3-1)49-45-23-10-6-19-39(45)41-30-33(25-27-47(41)49)32-13-12-16-35(29-32)50-46-24-11-7-20-40(46)42-31-36(26-28-48(42)50)51-43-21-8-4-17-37(43)38-18-5-9-22-44(38)51;1-2-10-25(11-3-1)26-18-20-27(21-19-26)37-35-17-9-6-14-31(35)32-24-28(22-23-36(32)37)38-33-15-7-4-12-29(33)30-13-5-8-16-34(30)38;1-2-10-21(11-3-1)31-29-17-9-6-14-25(29)26-20-22(18-19-30(26)31)32-27-15-7-4-12-23(27)24-13-5-8-16-28(24)32/h1-31H;1-24H;1-20H. The molecule has 0 aliphatic carbocycles. The Labute approximate surface area is 697 Å². The third kappa shape index (κ3) is 11.2. The molecule has 0 unspecified atom stereocenters. The summed E-state index contributed by atoms with van der Waals surface area (Å²) in [4.78, 5) is 0. The van der Waals surface area contributed by atoms with E-state index in [0.717, 1.165) is 5.69 Å². The van der Waals surface area contributed by atoms with Crippen molar-refractivity contribution in [1.82, 2.24) is 32.0 Å². The molecule has 0 aliphatic heterocycles. The molecule has 121 heavy (non-hydrogen) atoms. The molecular weight excluding hydrogens is 1470 g/mol. The molecule has 0 bridgehead atoms. The lowest BCUT2D eigenvalue weighted by Gasteiger charge is -2.12. The highest BCUT2D eigenvalue weighted by Gasteiger charge is 2.23. The monoisotopic (exact) mass is 1540 g/mol. The van der Waals surface area contributed by atoms with Gasteiger partial charge in [-0.1, -0.05) is 279 Å². The molecule has 7 nitrogen and oxygen atoms in total. The summed E-state index contributed by atoms with van der Waals surface area (Å²) in [6, 6.07) is 164. The minimum absolute atomic E-state index is 1.15. The molecule has 0 fully saturated rings. The Balaban J connectivity index is 0.000000106. The van der Waals surface area contributed by atoms with Crippen molar-refractivity contribution in [2.75, 3.05) is 0 Å². The number of aromatic nitrogens is 7. The van der Waals surface area contributed by atoms with Crippen molar-refractivity contribution in [3.63, 3.8) is 0 Å². The van der Waals surface area contributed by atoms with Crippen LogP contribution in [0.25, 0.3) is 215 Å². The van der Waals surface area contributed by atoms with Crippen LogP contribution in [0.5, 0.6) is 0 Å². The largest absolute Gasteiger partial charge is 0.309 e. The molecule has 0 saturated carbocycles. The van der Waals surface area contributed by atoms with Gasteiger partial charge in [0.05, 0.1) is 77.2 Å². The van der Waals surface area contributed by atoms with E-state index in [-0.39, 0.29) is 0 Å². The summed E-state index contributed by atoms with van der Waals surface area (Å²) >= 11 is 0. The fourth-order valence-corrected chi connectivity index (χ4v) is 19.6. The summed E-state index contributed by atoms with van der Waals surface area (Å²) in [6.45, 7) is 0. The Morgan fingerprint density at radius 3 is 0.570 bits per heavy atom. The predicted molar refractivity (Wildman–Crippen MR) is 511 cm³/mol. The molecule has 26 aromatic rings. The molecule has 26 rings (SSSR count). The summed E-state index contributed by atoms with van der Waals surface area (Å²) in [5.74, 6) is 0. The summed E-state index contributed by atoms with van der Waals surface area (Å²) in [7, 11) is 0. The molecule has 0 N–H and O–H groups in total. The molecule has 0 amide bonds. The maximum Gasteiger partial charge on any atom is 0.0542 e. The minimum atomic E-state index is 1.15. The van der Waals surface area contributed by atoms with Crippen LogP contribution >= 0.6 is 0 Å². The highest BCUT2D eigenvalue weighted by Crippen LogP contribution is 2.44. The van der Waals surface area contributed by atoms with Crippen molar-refractivity contribution < 1.29 is 0 Å². The van der Waals surface area contributed by atoms with Gasteiger partial charge in [-0.05, 0) is 198 Å². The zero-order valence-electron chi connectivity index (χ0n) is 65.9. The van der Waals surface area contributed by atoms with Crippen molar-refractivity contribution >= 4 is 153 Å². The second-order valence-electron chi connectivity index (χ2n) is 31.5. The van der Waals surface area contributed by atoms with Crippen LogP contribution in [0.3, 0.4) is 0 Å². The molecule has 0 aliphatic rings. The average Bonchev–Trinajstić information content (AvgIpc) is 1.59. The lowest BCUT2D eigenvalue weighted by atomic mass is 10.0. The molecule has 0 saturated heterocycles. The highest BCUT2D eigenvalue weighted by molar-refractivity contribution is 6.17. The van der Waals surface area contributed by atoms with Gasteiger partial charge in [-0.15, -0.1) is 0 Å². The number of nitrogens with zero attached hydrogens (tertiary/aromatic N) is 7. The maximum absolute atomic E-state index is 2.42. The van der Waals surface area contributed by atoms with Gasteiger partial charge < -0.3 is 32.0 Å². The van der Waals surface area contributed by atoms with Gasteiger partial charge in [0.1, 0.15) is 0 Å². The molecular formula is C114H75N7. The summed E-state index contributed by atoms with van der Waals surface area (Å²) in [5.41, 5.74) is 30.1. The SMILES string of the molecule is c1ccc(-c2ccc(-n3c4ccccc4c4cc(-n5c6ccccc6c6ccccc65)ccc43)cc2)cc1.c1ccc(-n2c3ccccc3c3cc(-c4cccc(-n5c6ccccc6c6cc(-n7c8ccccc8c8ccccc87)ccc65)c4)ccc32)cc1.c1ccc(-n2c3ccccc3c3cc(-n4c5ccccc5c5ccccc54)ccc32)cc1. The van der Waals surface area contributed by atoms with Crippen molar-refractivity contribution in [3.05, 3.63) is 455 Å². The van der Waals surface area contributed by atoms with Gasteiger partial charge >= 0.3 is 0 Å². The van der Waals surface area contributed by atoms with Crippen molar-refractivity contribution in [3.8, 4) is 62.1 Å². The second-order valence-corrected chi connectivity index (χ2v) is 31.5. The quantitative estimate of drug-likeness (QED) is 0.138. The number of benzene rings is 19. The van der Waals surface area contributed by atoms with Gasteiger partial charge in [0, 0.05) is 115 Å². The van der Waals surface area contributed by atoms with E-state index in [4.69, 9.17) is 0 Å². The van der Waals surface area contributed by atoms with Crippen LogP contribution in [0.1, 0.15) is 0 Å². The number of hydrogen-bond acceptors (Lipinski definition) is 0. The highest BCUT2D eigenvalue weighted by atomic mass is 15.0. The molecule has 566 valence electrons. The molecule has 0 radical (unpaired) electrons. The first-order valence-corrected chi connectivity index (χ1v) is 41.5. The predicted octanol–water partition coefficient (Wildman–Crippen LogP) is 30.1. The molecule has 0 spiro atoms. The molecule has 7 heteroatoms. The third-order valence-electron chi connectivity index (χ3n) is 24.9. The number of para-hydroxylation sites is 12. The van der Waals surface area contributed by atoms with Gasteiger partial charge in [-0.25, -0.2) is 0 Å².